The first-order chi connectivity index (χ1) is 9.33. The highest BCUT2D eigenvalue weighted by Gasteiger charge is 2.21. The maximum atomic E-state index is 4.40. The zero-order valence-corrected chi connectivity index (χ0v) is 11.2. The van der Waals surface area contributed by atoms with Gasteiger partial charge >= 0.3 is 0 Å². The zero-order chi connectivity index (χ0) is 13.1. The highest BCUT2D eigenvalue weighted by Crippen LogP contribution is 2.35. The Bertz CT molecular complexity index is 537. The number of rotatable bonds is 4. The lowest BCUT2D eigenvalue weighted by Gasteiger charge is -2.26. The van der Waals surface area contributed by atoms with Crippen LogP contribution in [0.15, 0.2) is 36.9 Å². The third-order valence-corrected chi connectivity index (χ3v) is 3.73. The molecule has 0 unspecified atom stereocenters. The summed E-state index contributed by atoms with van der Waals surface area (Å²) in [7, 11) is 2.06. The van der Waals surface area contributed by atoms with Crippen molar-refractivity contribution in [1.82, 2.24) is 15.0 Å². The summed E-state index contributed by atoms with van der Waals surface area (Å²) in [6.07, 6.45) is 9.23. The number of hydrogen-bond acceptors (Lipinski definition) is 4. The van der Waals surface area contributed by atoms with Crippen LogP contribution in [-0.4, -0.2) is 22.0 Å². The molecular formula is C15H18N4. The van der Waals surface area contributed by atoms with Crippen LogP contribution in [0.2, 0.25) is 0 Å². The van der Waals surface area contributed by atoms with Crippen molar-refractivity contribution < 1.29 is 0 Å². The van der Waals surface area contributed by atoms with Gasteiger partial charge in [-0.3, -0.25) is 4.98 Å². The maximum Gasteiger partial charge on any atom is 0.132 e. The van der Waals surface area contributed by atoms with Gasteiger partial charge in [0.2, 0.25) is 0 Å². The molecule has 0 N–H and O–H groups in total. The predicted octanol–water partition coefficient (Wildman–Crippen LogP) is 2.78. The number of anilines is 1. The first-order valence-corrected chi connectivity index (χ1v) is 6.75. The fourth-order valence-electron chi connectivity index (χ4n) is 2.34. The van der Waals surface area contributed by atoms with Crippen LogP contribution in [0.5, 0.6) is 0 Å². The van der Waals surface area contributed by atoms with E-state index in [0.717, 1.165) is 12.4 Å². The Morgan fingerprint density at radius 2 is 2.21 bits per heavy atom. The molecule has 0 aromatic carbocycles. The number of pyridine rings is 1. The van der Waals surface area contributed by atoms with E-state index < -0.39 is 0 Å². The van der Waals surface area contributed by atoms with Crippen LogP contribution in [-0.2, 0) is 6.54 Å². The van der Waals surface area contributed by atoms with Gasteiger partial charge < -0.3 is 4.90 Å². The second-order valence-corrected chi connectivity index (χ2v) is 5.15. The Morgan fingerprint density at radius 3 is 2.89 bits per heavy atom. The largest absolute Gasteiger partial charge is 0.355 e. The van der Waals surface area contributed by atoms with E-state index in [4.69, 9.17) is 0 Å². The average molecular weight is 254 g/mol. The summed E-state index contributed by atoms with van der Waals surface area (Å²) in [5.74, 6) is 1.63. The summed E-state index contributed by atoms with van der Waals surface area (Å²) in [5, 5.41) is 0. The van der Waals surface area contributed by atoms with Crippen LogP contribution in [0, 0.1) is 0 Å². The van der Waals surface area contributed by atoms with Crippen molar-refractivity contribution in [3.8, 4) is 0 Å². The Kier molecular flexibility index (Phi) is 3.40. The molecule has 0 atom stereocenters. The molecule has 1 saturated carbocycles. The van der Waals surface area contributed by atoms with Crippen molar-refractivity contribution in [2.45, 2.75) is 31.7 Å². The van der Waals surface area contributed by atoms with Crippen LogP contribution in [0.25, 0.3) is 0 Å². The third kappa shape index (κ3) is 2.72. The molecule has 3 rings (SSSR count). The summed E-state index contributed by atoms with van der Waals surface area (Å²) >= 11 is 0. The van der Waals surface area contributed by atoms with Gasteiger partial charge in [0.05, 0.1) is 0 Å². The third-order valence-electron chi connectivity index (χ3n) is 3.73. The van der Waals surface area contributed by atoms with E-state index in [2.05, 4.69) is 39.0 Å². The van der Waals surface area contributed by atoms with Crippen molar-refractivity contribution in [2.75, 3.05) is 11.9 Å². The van der Waals surface area contributed by atoms with Gasteiger partial charge in [-0.05, 0) is 24.5 Å². The monoisotopic (exact) mass is 254 g/mol. The molecule has 98 valence electrons. The second kappa shape index (κ2) is 5.34. The Labute approximate surface area is 113 Å². The first kappa shape index (κ1) is 12.1. The summed E-state index contributed by atoms with van der Waals surface area (Å²) in [6, 6.07) is 6.17. The molecule has 0 spiro atoms. The lowest BCUT2D eigenvalue weighted by Crippen LogP contribution is -2.19. The van der Waals surface area contributed by atoms with Crippen molar-refractivity contribution in [1.29, 1.82) is 0 Å². The van der Waals surface area contributed by atoms with Gasteiger partial charge in [0, 0.05) is 43.7 Å². The maximum absolute atomic E-state index is 4.40. The second-order valence-electron chi connectivity index (χ2n) is 5.15. The van der Waals surface area contributed by atoms with Crippen LogP contribution in [0.3, 0.4) is 0 Å². The van der Waals surface area contributed by atoms with Crippen LogP contribution in [0.1, 0.15) is 36.4 Å². The van der Waals surface area contributed by atoms with Gasteiger partial charge in [-0.1, -0.05) is 12.5 Å². The van der Waals surface area contributed by atoms with Crippen molar-refractivity contribution in [3.05, 3.63) is 48.2 Å². The summed E-state index contributed by atoms with van der Waals surface area (Å²) < 4.78 is 0. The molecule has 2 aromatic rings. The van der Waals surface area contributed by atoms with Crippen molar-refractivity contribution >= 4 is 5.82 Å². The molecule has 0 amide bonds. The SMILES string of the molecule is CN(Cc1cccnc1)c1cc(C2CCC2)ncn1. The molecular weight excluding hydrogens is 236 g/mol. The lowest BCUT2D eigenvalue weighted by atomic mass is 9.83. The lowest BCUT2D eigenvalue weighted by molar-refractivity contribution is 0.410. The number of nitrogens with zero attached hydrogens (tertiary/aromatic N) is 4. The van der Waals surface area contributed by atoms with Gasteiger partial charge in [0.25, 0.3) is 0 Å². The molecule has 1 aliphatic rings. The minimum absolute atomic E-state index is 0.647. The van der Waals surface area contributed by atoms with Gasteiger partial charge in [-0.25, -0.2) is 9.97 Å². The minimum Gasteiger partial charge on any atom is -0.355 e. The summed E-state index contributed by atoms with van der Waals surface area (Å²) in [5.41, 5.74) is 2.38. The standard InChI is InChI=1S/C15H18N4/c1-19(10-12-4-3-7-16-9-12)15-8-14(17-11-18-15)13-5-2-6-13/h3-4,7-9,11,13H,2,5-6,10H2,1H3. The van der Waals surface area contributed by atoms with E-state index in [1.165, 1.54) is 30.5 Å². The Hall–Kier alpha value is -1.97. The smallest absolute Gasteiger partial charge is 0.132 e. The first-order valence-electron chi connectivity index (χ1n) is 6.75. The Balaban J connectivity index is 1.74. The van der Waals surface area contributed by atoms with Crippen LogP contribution < -0.4 is 4.90 Å². The normalized spacial score (nSPS) is 15.0. The highest BCUT2D eigenvalue weighted by atomic mass is 15.2. The van der Waals surface area contributed by atoms with Crippen molar-refractivity contribution in [2.24, 2.45) is 0 Å². The van der Waals surface area contributed by atoms with E-state index in [0.29, 0.717) is 5.92 Å². The van der Waals surface area contributed by atoms with Crippen LogP contribution in [0.4, 0.5) is 5.82 Å². The molecule has 0 radical (unpaired) electrons. The van der Waals surface area contributed by atoms with Gasteiger partial charge in [-0.2, -0.15) is 0 Å². The van der Waals surface area contributed by atoms with Gasteiger partial charge in [0.1, 0.15) is 12.1 Å². The molecule has 4 nitrogen and oxygen atoms in total. The topological polar surface area (TPSA) is 41.9 Å². The van der Waals surface area contributed by atoms with E-state index in [-0.39, 0.29) is 0 Å². The van der Waals surface area contributed by atoms with Gasteiger partial charge in [0.15, 0.2) is 0 Å². The predicted molar refractivity (Wildman–Crippen MR) is 75.0 cm³/mol. The quantitative estimate of drug-likeness (QED) is 0.841. The van der Waals surface area contributed by atoms with Gasteiger partial charge in [-0.15, -0.1) is 0 Å². The summed E-state index contributed by atoms with van der Waals surface area (Å²) in [4.78, 5) is 15.1. The van der Waals surface area contributed by atoms with E-state index in [1.807, 2.05) is 12.3 Å². The van der Waals surface area contributed by atoms with Crippen LogP contribution >= 0.6 is 0 Å². The molecule has 2 heterocycles. The molecule has 0 bridgehead atoms. The molecule has 2 aromatic heterocycles. The Morgan fingerprint density at radius 1 is 1.32 bits per heavy atom. The van der Waals surface area contributed by atoms with E-state index in [1.54, 1.807) is 12.5 Å². The summed E-state index contributed by atoms with van der Waals surface area (Å²) in [6.45, 7) is 0.814. The molecule has 4 heteroatoms. The van der Waals surface area contributed by atoms with Crippen molar-refractivity contribution in [3.63, 3.8) is 0 Å². The van der Waals surface area contributed by atoms with E-state index in [9.17, 15) is 0 Å². The fourth-order valence-corrected chi connectivity index (χ4v) is 2.34. The number of aromatic nitrogens is 3. The molecule has 0 saturated heterocycles. The molecule has 19 heavy (non-hydrogen) atoms. The highest BCUT2D eigenvalue weighted by molar-refractivity contribution is 5.39. The fraction of sp³-hybridized carbons (Fsp3) is 0.400. The zero-order valence-electron chi connectivity index (χ0n) is 11.2. The number of hydrogen-bond donors (Lipinski definition) is 0. The molecule has 1 aliphatic carbocycles. The molecule has 0 aliphatic heterocycles. The minimum atomic E-state index is 0.647. The average Bonchev–Trinajstić information content (AvgIpc) is 2.38. The van der Waals surface area contributed by atoms with E-state index >= 15 is 0 Å². The molecule has 1 fully saturated rings.